The topological polar surface area (TPSA) is 22.1 Å². The van der Waals surface area contributed by atoms with Crippen LogP contribution in [0.4, 0.5) is 8.78 Å². The first-order chi connectivity index (χ1) is 6.49. The molecule has 0 aliphatic heterocycles. The first kappa shape index (κ1) is 6.77. The van der Waals surface area contributed by atoms with Crippen molar-refractivity contribution in [2.75, 3.05) is 7.11 Å². The predicted molar refractivity (Wildman–Crippen MR) is 43.4 cm³/mol. The average Bonchev–Trinajstić information content (AvgIpc) is 2.12. The molecule has 0 saturated heterocycles. The van der Waals surface area contributed by atoms with Crippen molar-refractivity contribution < 1.29 is 16.3 Å². The lowest BCUT2D eigenvalue weighted by atomic mass is 10.3. The Bertz CT molecular complexity index is 362. The second-order valence-electron chi connectivity index (χ2n) is 1.88. The number of hydrogen-bond acceptors (Lipinski definition) is 2. The molecule has 5 heteroatoms. The Morgan fingerprint density at radius 2 is 2.42 bits per heavy atom. The van der Waals surface area contributed by atoms with Crippen molar-refractivity contribution in [3.8, 4) is 5.75 Å². The van der Waals surface area contributed by atoms with Gasteiger partial charge in [-0.25, -0.2) is 8.78 Å². The summed E-state index contributed by atoms with van der Waals surface area (Å²) in [7, 11) is 1.28. The first-order valence-corrected chi connectivity index (χ1v) is 3.77. The summed E-state index contributed by atoms with van der Waals surface area (Å²) in [5.41, 5.74) is -0.720. The van der Waals surface area contributed by atoms with Crippen molar-refractivity contribution in [2.24, 2.45) is 0 Å². The van der Waals surface area contributed by atoms with Gasteiger partial charge in [0.05, 0.1) is 20.5 Å². The molecule has 2 nitrogen and oxygen atoms in total. The molecule has 0 atom stereocenters. The van der Waals surface area contributed by atoms with Crippen LogP contribution in [0.1, 0.15) is 14.9 Å². The lowest BCUT2D eigenvalue weighted by Gasteiger charge is -2.03. The summed E-state index contributed by atoms with van der Waals surface area (Å²) < 4.78 is 43.9. The highest BCUT2D eigenvalue weighted by Gasteiger charge is 2.10. The van der Waals surface area contributed by atoms with E-state index in [0.717, 1.165) is 0 Å². The number of rotatable bonds is 2. The molecule has 12 heavy (non-hydrogen) atoms. The van der Waals surface area contributed by atoms with Gasteiger partial charge < -0.3 is 4.74 Å². The number of alkyl halides is 2. The van der Waals surface area contributed by atoms with Gasteiger partial charge in [0.1, 0.15) is 5.69 Å². The number of hydrogen-bond donors (Lipinski definition) is 0. The standard InChI is InChI=1S/C7H6BrF2NO/c1-12-6-3-11-5(7(9)10)2-4(6)8/h2-3,7H,1H3/i2D,3D. The van der Waals surface area contributed by atoms with E-state index in [-0.39, 0.29) is 10.2 Å². The van der Waals surface area contributed by atoms with Crippen LogP contribution < -0.4 is 4.74 Å². The quantitative estimate of drug-likeness (QED) is 0.792. The van der Waals surface area contributed by atoms with E-state index < -0.39 is 24.3 Å². The summed E-state index contributed by atoms with van der Waals surface area (Å²) >= 11 is 2.90. The van der Waals surface area contributed by atoms with Crippen molar-refractivity contribution >= 4 is 15.9 Å². The van der Waals surface area contributed by atoms with Crippen LogP contribution in [-0.2, 0) is 0 Å². The molecule has 1 aromatic rings. The molecule has 66 valence electrons. The zero-order valence-corrected chi connectivity index (χ0v) is 7.65. The molecular formula is C7H6BrF2NO. The fourth-order valence-corrected chi connectivity index (χ4v) is 1.05. The van der Waals surface area contributed by atoms with Gasteiger partial charge in [0, 0.05) is 0 Å². The smallest absolute Gasteiger partial charge is 0.280 e. The third-order valence-electron chi connectivity index (χ3n) is 1.13. The van der Waals surface area contributed by atoms with E-state index in [0.29, 0.717) is 0 Å². The summed E-state index contributed by atoms with van der Waals surface area (Å²) in [6, 6.07) is -0.451. The monoisotopic (exact) mass is 239 g/mol. The largest absolute Gasteiger partial charge is 0.494 e. The summed E-state index contributed by atoms with van der Waals surface area (Å²) in [6.07, 6.45) is -3.28. The molecular weight excluding hydrogens is 232 g/mol. The van der Waals surface area contributed by atoms with Gasteiger partial charge in [0.15, 0.2) is 5.75 Å². The summed E-state index contributed by atoms with van der Waals surface area (Å²) in [5.74, 6) is -0.0144. The van der Waals surface area contributed by atoms with Crippen LogP contribution in [0.15, 0.2) is 16.7 Å². The molecule has 1 aromatic heterocycles. The molecule has 0 aromatic carbocycles. The minimum atomic E-state index is -2.87. The number of pyridine rings is 1. The molecule has 0 amide bonds. The van der Waals surface area contributed by atoms with E-state index in [1.54, 1.807) is 0 Å². The van der Waals surface area contributed by atoms with Crippen molar-refractivity contribution in [1.82, 2.24) is 4.98 Å². The van der Waals surface area contributed by atoms with Crippen LogP contribution >= 0.6 is 15.9 Å². The lowest BCUT2D eigenvalue weighted by molar-refractivity contribution is 0.146. The van der Waals surface area contributed by atoms with Crippen molar-refractivity contribution in [1.29, 1.82) is 0 Å². The van der Waals surface area contributed by atoms with Crippen LogP contribution in [0, 0.1) is 0 Å². The van der Waals surface area contributed by atoms with Gasteiger partial charge >= 0.3 is 0 Å². The fourth-order valence-electron chi connectivity index (χ4n) is 0.596. The Balaban J connectivity index is 3.40. The highest BCUT2D eigenvalue weighted by Crippen LogP contribution is 2.27. The molecule has 0 N–H and O–H groups in total. The van der Waals surface area contributed by atoms with Crippen molar-refractivity contribution in [3.05, 3.63) is 22.4 Å². The highest BCUT2D eigenvalue weighted by atomic mass is 79.9. The van der Waals surface area contributed by atoms with Gasteiger partial charge in [0.25, 0.3) is 6.43 Å². The van der Waals surface area contributed by atoms with E-state index in [2.05, 4.69) is 20.9 Å². The Morgan fingerprint density at radius 3 is 2.92 bits per heavy atom. The second-order valence-corrected chi connectivity index (χ2v) is 2.67. The molecule has 0 aliphatic carbocycles. The van der Waals surface area contributed by atoms with Crippen molar-refractivity contribution in [3.63, 3.8) is 0 Å². The highest BCUT2D eigenvalue weighted by molar-refractivity contribution is 9.10. The minimum Gasteiger partial charge on any atom is -0.494 e. The third-order valence-corrected chi connectivity index (χ3v) is 1.68. The van der Waals surface area contributed by atoms with Gasteiger partial charge in [-0.2, -0.15) is 0 Å². The molecule has 1 rings (SSSR count). The van der Waals surface area contributed by atoms with E-state index in [1.807, 2.05) is 0 Å². The third kappa shape index (κ3) is 1.91. The maximum Gasteiger partial charge on any atom is 0.280 e. The van der Waals surface area contributed by atoms with Crippen LogP contribution in [0.5, 0.6) is 5.75 Å². The summed E-state index contributed by atoms with van der Waals surface area (Å²) in [5, 5.41) is 0. The summed E-state index contributed by atoms with van der Waals surface area (Å²) in [4.78, 5) is 3.28. The number of aromatic nitrogens is 1. The lowest BCUT2D eigenvalue weighted by Crippen LogP contribution is -1.92. The summed E-state index contributed by atoms with van der Waals surface area (Å²) in [6.45, 7) is 0. The van der Waals surface area contributed by atoms with E-state index in [9.17, 15) is 8.78 Å². The molecule has 0 fully saturated rings. The molecule has 1 heterocycles. The number of methoxy groups -OCH3 is 1. The Labute approximate surface area is 79.5 Å². The predicted octanol–water partition coefficient (Wildman–Crippen LogP) is 2.79. The zero-order valence-electron chi connectivity index (χ0n) is 8.07. The number of halogens is 3. The molecule has 0 bridgehead atoms. The van der Waals surface area contributed by atoms with Crippen molar-refractivity contribution in [2.45, 2.75) is 6.43 Å². The van der Waals surface area contributed by atoms with Gasteiger partial charge in [-0.05, 0) is 22.0 Å². The zero-order chi connectivity index (χ0) is 10.9. The molecule has 0 unspecified atom stereocenters. The maximum absolute atomic E-state index is 12.3. The Hall–Kier alpha value is -0.710. The van der Waals surface area contributed by atoms with Crippen LogP contribution in [0.25, 0.3) is 0 Å². The molecule has 0 saturated carbocycles. The van der Waals surface area contributed by atoms with Gasteiger partial charge in [0.2, 0.25) is 0 Å². The fraction of sp³-hybridized carbons (Fsp3) is 0.286. The number of ether oxygens (including phenoxy) is 1. The molecule has 0 spiro atoms. The van der Waals surface area contributed by atoms with Gasteiger partial charge in [-0.3, -0.25) is 4.98 Å². The van der Waals surface area contributed by atoms with Gasteiger partial charge in [-0.15, -0.1) is 0 Å². The minimum absolute atomic E-state index is 0.0144. The Morgan fingerprint density at radius 1 is 1.75 bits per heavy atom. The van der Waals surface area contributed by atoms with Gasteiger partial charge in [-0.1, -0.05) is 0 Å². The SMILES string of the molecule is [2H]c1nc(C(F)F)c([2H])c(Br)c1OC. The normalized spacial score (nSPS) is 12.8. The van der Waals surface area contributed by atoms with Crippen LogP contribution in [0.3, 0.4) is 0 Å². The van der Waals surface area contributed by atoms with Crippen LogP contribution in [-0.4, -0.2) is 12.1 Å². The maximum atomic E-state index is 12.3. The van der Waals surface area contributed by atoms with E-state index in [4.69, 9.17) is 7.48 Å². The van der Waals surface area contributed by atoms with E-state index >= 15 is 0 Å². The Kier molecular flexibility index (Phi) is 2.14. The average molecular weight is 240 g/mol. The molecule has 0 radical (unpaired) electrons. The first-order valence-electron chi connectivity index (χ1n) is 3.97. The number of nitrogens with zero attached hydrogens (tertiary/aromatic N) is 1. The second kappa shape index (κ2) is 3.80. The van der Waals surface area contributed by atoms with Crippen LogP contribution in [0.2, 0.25) is 0 Å². The van der Waals surface area contributed by atoms with E-state index in [1.165, 1.54) is 7.11 Å². The molecule has 0 aliphatic rings.